The van der Waals surface area contributed by atoms with Gasteiger partial charge in [0, 0.05) is 36.4 Å². The summed E-state index contributed by atoms with van der Waals surface area (Å²) < 4.78 is 0. The molecule has 1 unspecified atom stereocenters. The molecule has 5 heteroatoms. The zero-order chi connectivity index (χ0) is 17.8. The fraction of sp³-hybridized carbons (Fsp3) is 0.600. The van der Waals surface area contributed by atoms with Crippen LogP contribution in [-0.4, -0.2) is 30.9 Å². The molecule has 0 aromatic heterocycles. The van der Waals surface area contributed by atoms with Crippen LogP contribution in [-0.2, 0) is 4.79 Å². The van der Waals surface area contributed by atoms with Gasteiger partial charge in [0.1, 0.15) is 0 Å². The summed E-state index contributed by atoms with van der Waals surface area (Å²) in [5, 5.41) is 6.02. The molecule has 136 valence electrons. The second-order valence-corrected chi connectivity index (χ2v) is 7.33. The van der Waals surface area contributed by atoms with Crippen molar-refractivity contribution < 1.29 is 9.59 Å². The lowest BCUT2D eigenvalue weighted by molar-refractivity contribution is -0.117. The third-order valence-corrected chi connectivity index (χ3v) is 5.14. The Labute approximate surface area is 150 Å². The van der Waals surface area contributed by atoms with Crippen molar-refractivity contribution in [2.24, 2.45) is 5.92 Å². The number of benzene rings is 1. The Kier molecular flexibility index (Phi) is 5.61. The summed E-state index contributed by atoms with van der Waals surface area (Å²) in [7, 11) is 0. The summed E-state index contributed by atoms with van der Waals surface area (Å²) in [5.41, 5.74) is 2.35. The highest BCUT2D eigenvalue weighted by molar-refractivity contribution is 6.02. The summed E-state index contributed by atoms with van der Waals surface area (Å²) in [4.78, 5) is 27.1. The summed E-state index contributed by atoms with van der Waals surface area (Å²) in [6.45, 7) is 6.04. The number of hydrogen-bond donors (Lipinski definition) is 2. The molecule has 1 saturated heterocycles. The third kappa shape index (κ3) is 4.53. The maximum absolute atomic E-state index is 12.8. The normalized spacial score (nSPS) is 18.6. The van der Waals surface area contributed by atoms with E-state index in [1.165, 1.54) is 6.42 Å². The first-order valence-electron chi connectivity index (χ1n) is 9.59. The minimum absolute atomic E-state index is 0.0579. The lowest BCUT2D eigenvalue weighted by atomic mass is 10.1. The maximum atomic E-state index is 12.8. The van der Waals surface area contributed by atoms with Crippen molar-refractivity contribution in [1.82, 2.24) is 5.32 Å². The number of hydrogen-bond acceptors (Lipinski definition) is 3. The van der Waals surface area contributed by atoms with Crippen LogP contribution in [0.25, 0.3) is 0 Å². The van der Waals surface area contributed by atoms with E-state index in [4.69, 9.17) is 0 Å². The number of piperidine rings is 1. The molecule has 1 atom stereocenters. The number of rotatable bonds is 6. The fourth-order valence-corrected chi connectivity index (χ4v) is 3.20. The van der Waals surface area contributed by atoms with Gasteiger partial charge in [-0.1, -0.05) is 6.92 Å². The second-order valence-electron chi connectivity index (χ2n) is 7.33. The van der Waals surface area contributed by atoms with E-state index < -0.39 is 0 Å². The summed E-state index contributed by atoms with van der Waals surface area (Å²) in [5.74, 6) is 0.163. The number of carbonyl (C=O) groups excluding carboxylic acids is 2. The largest absolute Gasteiger partial charge is 0.371 e. The van der Waals surface area contributed by atoms with Crippen LogP contribution in [0.3, 0.4) is 0 Å². The molecule has 5 nitrogen and oxygen atoms in total. The van der Waals surface area contributed by atoms with Crippen molar-refractivity contribution in [3.05, 3.63) is 23.8 Å². The highest BCUT2D eigenvalue weighted by atomic mass is 16.2. The van der Waals surface area contributed by atoms with Crippen LogP contribution in [0, 0.1) is 5.92 Å². The number of anilines is 2. The van der Waals surface area contributed by atoms with Gasteiger partial charge in [0.2, 0.25) is 5.91 Å². The molecule has 2 fully saturated rings. The standard InChI is InChI=1S/C20H29N3O2/c1-3-14(2)21-20(25)17-13-16(22-19(24)15-7-8-15)9-10-18(17)23-11-5-4-6-12-23/h9-10,13-15H,3-8,11-12H2,1-2H3,(H,21,25)(H,22,24). The summed E-state index contributed by atoms with van der Waals surface area (Å²) in [6, 6.07) is 5.87. The average Bonchev–Trinajstić information content (AvgIpc) is 3.47. The molecule has 1 heterocycles. The van der Waals surface area contributed by atoms with Gasteiger partial charge in [-0.3, -0.25) is 9.59 Å². The Morgan fingerprint density at radius 1 is 1.20 bits per heavy atom. The van der Waals surface area contributed by atoms with Gasteiger partial charge >= 0.3 is 0 Å². The van der Waals surface area contributed by atoms with E-state index in [2.05, 4.69) is 22.5 Å². The predicted molar refractivity (Wildman–Crippen MR) is 101 cm³/mol. The Bertz CT molecular complexity index is 634. The highest BCUT2D eigenvalue weighted by Gasteiger charge is 2.30. The number of nitrogens with one attached hydrogen (secondary N) is 2. The highest BCUT2D eigenvalue weighted by Crippen LogP contribution is 2.32. The molecule has 1 aromatic carbocycles. The quantitative estimate of drug-likeness (QED) is 0.830. The lowest BCUT2D eigenvalue weighted by Gasteiger charge is -2.31. The van der Waals surface area contributed by atoms with Crippen LogP contribution in [0.15, 0.2) is 18.2 Å². The topological polar surface area (TPSA) is 61.4 Å². The van der Waals surface area contributed by atoms with E-state index in [1.54, 1.807) is 0 Å². The molecular formula is C20H29N3O2. The van der Waals surface area contributed by atoms with Crippen molar-refractivity contribution >= 4 is 23.2 Å². The van der Waals surface area contributed by atoms with Crippen molar-refractivity contribution in [3.8, 4) is 0 Å². The van der Waals surface area contributed by atoms with E-state index >= 15 is 0 Å². The first kappa shape index (κ1) is 17.8. The molecule has 1 aliphatic heterocycles. The van der Waals surface area contributed by atoms with E-state index in [1.807, 2.05) is 25.1 Å². The van der Waals surface area contributed by atoms with Gasteiger partial charge in [-0.2, -0.15) is 0 Å². The molecule has 25 heavy (non-hydrogen) atoms. The minimum atomic E-state index is -0.0579. The van der Waals surface area contributed by atoms with Gasteiger partial charge in [-0.15, -0.1) is 0 Å². The van der Waals surface area contributed by atoms with Gasteiger partial charge in [0.15, 0.2) is 0 Å². The molecule has 1 aromatic rings. The Balaban J connectivity index is 1.84. The maximum Gasteiger partial charge on any atom is 0.253 e. The molecule has 1 aliphatic carbocycles. The predicted octanol–water partition coefficient (Wildman–Crippen LogP) is 3.55. The van der Waals surface area contributed by atoms with Gasteiger partial charge in [-0.05, 0) is 63.6 Å². The molecule has 2 amide bonds. The number of carbonyl (C=O) groups is 2. The van der Waals surface area contributed by atoms with Crippen LogP contribution in [0.2, 0.25) is 0 Å². The zero-order valence-electron chi connectivity index (χ0n) is 15.3. The van der Waals surface area contributed by atoms with E-state index in [9.17, 15) is 9.59 Å². The van der Waals surface area contributed by atoms with Gasteiger partial charge in [-0.25, -0.2) is 0 Å². The van der Waals surface area contributed by atoms with Crippen LogP contribution in [0.4, 0.5) is 11.4 Å². The van der Waals surface area contributed by atoms with Gasteiger partial charge in [0.05, 0.1) is 5.56 Å². The Morgan fingerprint density at radius 2 is 1.92 bits per heavy atom. The molecule has 0 radical (unpaired) electrons. The summed E-state index contributed by atoms with van der Waals surface area (Å²) in [6.07, 6.45) is 6.40. The summed E-state index contributed by atoms with van der Waals surface area (Å²) >= 11 is 0. The fourth-order valence-electron chi connectivity index (χ4n) is 3.20. The monoisotopic (exact) mass is 343 g/mol. The SMILES string of the molecule is CCC(C)NC(=O)c1cc(NC(=O)C2CC2)ccc1N1CCCCC1. The first-order chi connectivity index (χ1) is 12.1. The molecule has 1 saturated carbocycles. The average molecular weight is 343 g/mol. The molecular weight excluding hydrogens is 314 g/mol. The van der Waals surface area contributed by atoms with E-state index in [-0.39, 0.29) is 23.8 Å². The Morgan fingerprint density at radius 3 is 2.56 bits per heavy atom. The van der Waals surface area contributed by atoms with E-state index in [0.717, 1.165) is 50.9 Å². The van der Waals surface area contributed by atoms with E-state index in [0.29, 0.717) is 11.3 Å². The smallest absolute Gasteiger partial charge is 0.253 e. The Hall–Kier alpha value is -2.04. The zero-order valence-corrected chi connectivity index (χ0v) is 15.3. The van der Waals surface area contributed by atoms with Crippen molar-refractivity contribution in [2.45, 2.75) is 58.4 Å². The molecule has 3 rings (SSSR count). The van der Waals surface area contributed by atoms with Crippen LogP contribution in [0.1, 0.15) is 62.7 Å². The third-order valence-electron chi connectivity index (χ3n) is 5.14. The minimum Gasteiger partial charge on any atom is -0.371 e. The van der Waals surface area contributed by atoms with Gasteiger partial charge < -0.3 is 15.5 Å². The first-order valence-corrected chi connectivity index (χ1v) is 9.59. The van der Waals surface area contributed by atoms with Gasteiger partial charge in [0.25, 0.3) is 5.91 Å². The number of nitrogens with zero attached hydrogens (tertiary/aromatic N) is 1. The van der Waals surface area contributed by atoms with Crippen LogP contribution >= 0.6 is 0 Å². The van der Waals surface area contributed by atoms with Crippen molar-refractivity contribution in [3.63, 3.8) is 0 Å². The second kappa shape index (κ2) is 7.89. The van der Waals surface area contributed by atoms with Crippen molar-refractivity contribution in [2.75, 3.05) is 23.3 Å². The van der Waals surface area contributed by atoms with Crippen LogP contribution < -0.4 is 15.5 Å². The molecule has 2 aliphatic rings. The molecule has 2 N–H and O–H groups in total. The number of amides is 2. The molecule has 0 spiro atoms. The lowest BCUT2D eigenvalue weighted by Crippen LogP contribution is -2.35. The van der Waals surface area contributed by atoms with Crippen molar-refractivity contribution in [1.29, 1.82) is 0 Å². The van der Waals surface area contributed by atoms with Crippen LogP contribution in [0.5, 0.6) is 0 Å². The molecule has 0 bridgehead atoms.